The Balaban J connectivity index is 2.44. The van der Waals surface area contributed by atoms with E-state index in [0.29, 0.717) is 11.6 Å². The molecule has 0 spiro atoms. The maximum Gasteiger partial charge on any atom is 0.184 e. The first kappa shape index (κ1) is 11.2. The SMILES string of the molecule is CC1CC(C)N(c2c(N)ccc(F)c2F)C1. The first-order valence-electron chi connectivity index (χ1n) is 5.50. The Morgan fingerprint density at radius 3 is 2.56 bits per heavy atom. The van der Waals surface area contributed by atoms with Crippen molar-refractivity contribution < 1.29 is 8.78 Å². The maximum absolute atomic E-state index is 13.7. The van der Waals surface area contributed by atoms with E-state index in [4.69, 9.17) is 5.73 Å². The number of rotatable bonds is 1. The van der Waals surface area contributed by atoms with Crippen LogP contribution in [0.4, 0.5) is 20.2 Å². The molecule has 88 valence electrons. The van der Waals surface area contributed by atoms with Crippen LogP contribution in [0.5, 0.6) is 0 Å². The summed E-state index contributed by atoms with van der Waals surface area (Å²) < 4.78 is 26.9. The largest absolute Gasteiger partial charge is 0.397 e. The Bertz CT molecular complexity index is 406. The Morgan fingerprint density at radius 1 is 1.31 bits per heavy atom. The topological polar surface area (TPSA) is 29.3 Å². The molecule has 4 heteroatoms. The molecule has 0 bridgehead atoms. The van der Waals surface area contributed by atoms with E-state index in [2.05, 4.69) is 6.92 Å². The lowest BCUT2D eigenvalue weighted by atomic mass is 10.1. The predicted molar refractivity (Wildman–Crippen MR) is 61.4 cm³/mol. The summed E-state index contributed by atoms with van der Waals surface area (Å²) in [7, 11) is 0. The van der Waals surface area contributed by atoms with E-state index in [0.717, 1.165) is 19.0 Å². The number of nitrogen functional groups attached to an aromatic ring is 1. The van der Waals surface area contributed by atoms with Crippen LogP contribution in [0.2, 0.25) is 0 Å². The second kappa shape index (κ2) is 3.92. The maximum atomic E-state index is 13.7. The lowest BCUT2D eigenvalue weighted by Crippen LogP contribution is -2.28. The van der Waals surface area contributed by atoms with Gasteiger partial charge >= 0.3 is 0 Å². The van der Waals surface area contributed by atoms with E-state index in [9.17, 15) is 8.78 Å². The minimum Gasteiger partial charge on any atom is -0.397 e. The number of nitrogens with zero attached hydrogens (tertiary/aromatic N) is 1. The molecule has 1 saturated heterocycles. The van der Waals surface area contributed by atoms with Crippen molar-refractivity contribution in [3.05, 3.63) is 23.8 Å². The molecule has 0 saturated carbocycles. The van der Waals surface area contributed by atoms with Gasteiger partial charge in [0.15, 0.2) is 11.6 Å². The van der Waals surface area contributed by atoms with Crippen LogP contribution in [-0.2, 0) is 0 Å². The summed E-state index contributed by atoms with van der Waals surface area (Å²) in [6.07, 6.45) is 0.982. The highest BCUT2D eigenvalue weighted by molar-refractivity contribution is 5.69. The second-order valence-corrected chi connectivity index (χ2v) is 4.64. The van der Waals surface area contributed by atoms with Crippen molar-refractivity contribution in [1.29, 1.82) is 0 Å². The highest BCUT2D eigenvalue weighted by Crippen LogP contribution is 2.35. The molecular formula is C12H16F2N2. The summed E-state index contributed by atoms with van der Waals surface area (Å²) in [5.41, 5.74) is 6.25. The molecule has 1 aromatic carbocycles. The number of hydrogen-bond donors (Lipinski definition) is 1. The van der Waals surface area contributed by atoms with Gasteiger partial charge < -0.3 is 10.6 Å². The van der Waals surface area contributed by atoms with Crippen molar-refractivity contribution >= 4 is 11.4 Å². The van der Waals surface area contributed by atoms with Crippen LogP contribution >= 0.6 is 0 Å². The molecule has 16 heavy (non-hydrogen) atoms. The van der Waals surface area contributed by atoms with Crippen LogP contribution in [-0.4, -0.2) is 12.6 Å². The number of nitrogens with two attached hydrogens (primary N) is 1. The van der Waals surface area contributed by atoms with Crippen LogP contribution in [0, 0.1) is 17.6 Å². The fourth-order valence-electron chi connectivity index (χ4n) is 2.46. The molecule has 2 nitrogen and oxygen atoms in total. The first-order valence-corrected chi connectivity index (χ1v) is 5.50. The molecule has 0 aromatic heterocycles. The van der Waals surface area contributed by atoms with Crippen LogP contribution in [0.3, 0.4) is 0 Å². The monoisotopic (exact) mass is 226 g/mol. The third-order valence-electron chi connectivity index (χ3n) is 3.17. The molecule has 1 aromatic rings. The molecule has 1 fully saturated rings. The molecule has 2 N–H and O–H groups in total. The molecular weight excluding hydrogens is 210 g/mol. The quantitative estimate of drug-likeness (QED) is 0.746. The molecule has 0 aliphatic carbocycles. The van der Waals surface area contributed by atoms with Gasteiger partial charge in [0.2, 0.25) is 0 Å². The molecule has 1 aliphatic rings. The Kier molecular flexibility index (Phi) is 2.74. The van der Waals surface area contributed by atoms with Crippen molar-refractivity contribution in [2.24, 2.45) is 5.92 Å². The van der Waals surface area contributed by atoms with Gasteiger partial charge in [0.25, 0.3) is 0 Å². The molecule has 0 radical (unpaired) electrons. The van der Waals surface area contributed by atoms with Crippen molar-refractivity contribution in [2.45, 2.75) is 26.3 Å². The Hall–Kier alpha value is -1.32. The van der Waals surface area contributed by atoms with E-state index in [-0.39, 0.29) is 11.7 Å². The fraction of sp³-hybridized carbons (Fsp3) is 0.500. The number of hydrogen-bond acceptors (Lipinski definition) is 2. The van der Waals surface area contributed by atoms with Gasteiger partial charge in [0, 0.05) is 12.6 Å². The van der Waals surface area contributed by atoms with Crippen molar-refractivity contribution in [1.82, 2.24) is 0 Å². The first-order chi connectivity index (χ1) is 7.50. The van der Waals surface area contributed by atoms with E-state index >= 15 is 0 Å². The van der Waals surface area contributed by atoms with Crippen molar-refractivity contribution in [3.63, 3.8) is 0 Å². The molecule has 0 amide bonds. The van der Waals surface area contributed by atoms with Crippen LogP contribution in [0.15, 0.2) is 12.1 Å². The third kappa shape index (κ3) is 1.72. The summed E-state index contributed by atoms with van der Waals surface area (Å²) >= 11 is 0. The zero-order valence-corrected chi connectivity index (χ0v) is 9.50. The van der Waals surface area contributed by atoms with E-state index in [1.165, 1.54) is 6.07 Å². The summed E-state index contributed by atoms with van der Waals surface area (Å²) in [4.78, 5) is 1.86. The highest BCUT2D eigenvalue weighted by Gasteiger charge is 2.30. The number of halogens is 2. The standard InChI is InChI=1S/C12H16F2N2/c1-7-5-8(2)16(6-7)12-10(15)4-3-9(13)11(12)14/h3-4,7-8H,5-6,15H2,1-2H3. The van der Waals surface area contributed by atoms with Gasteiger partial charge in [-0.1, -0.05) is 6.92 Å². The summed E-state index contributed by atoms with van der Waals surface area (Å²) in [5.74, 6) is -1.19. The smallest absolute Gasteiger partial charge is 0.184 e. The minimum absolute atomic E-state index is 0.202. The molecule has 2 unspecified atom stereocenters. The average molecular weight is 226 g/mol. The van der Waals surface area contributed by atoms with Gasteiger partial charge in [-0.3, -0.25) is 0 Å². The lowest BCUT2D eigenvalue weighted by molar-refractivity contribution is 0.506. The van der Waals surface area contributed by atoms with Crippen LogP contribution in [0.25, 0.3) is 0 Å². The zero-order valence-electron chi connectivity index (χ0n) is 9.50. The molecule has 1 heterocycles. The van der Waals surface area contributed by atoms with Gasteiger partial charge in [-0.2, -0.15) is 0 Å². The predicted octanol–water partition coefficient (Wildman–Crippen LogP) is 2.78. The number of benzene rings is 1. The number of anilines is 2. The van der Waals surface area contributed by atoms with Crippen LogP contribution in [0.1, 0.15) is 20.3 Å². The Labute approximate surface area is 94.0 Å². The molecule has 2 rings (SSSR count). The van der Waals surface area contributed by atoms with Gasteiger partial charge in [0.1, 0.15) is 0 Å². The fourth-order valence-corrected chi connectivity index (χ4v) is 2.46. The lowest BCUT2D eigenvalue weighted by Gasteiger charge is -2.25. The Morgan fingerprint density at radius 2 is 2.00 bits per heavy atom. The second-order valence-electron chi connectivity index (χ2n) is 4.64. The average Bonchev–Trinajstić information content (AvgIpc) is 2.53. The zero-order chi connectivity index (χ0) is 11.9. The van der Waals surface area contributed by atoms with Crippen molar-refractivity contribution in [2.75, 3.05) is 17.2 Å². The van der Waals surface area contributed by atoms with Gasteiger partial charge in [-0.05, 0) is 31.4 Å². The summed E-state index contributed by atoms with van der Waals surface area (Å²) in [6.45, 7) is 4.84. The molecule has 1 aliphatic heterocycles. The highest BCUT2D eigenvalue weighted by atomic mass is 19.2. The minimum atomic E-state index is -0.837. The van der Waals surface area contributed by atoms with Crippen LogP contribution < -0.4 is 10.6 Å². The van der Waals surface area contributed by atoms with Crippen molar-refractivity contribution in [3.8, 4) is 0 Å². The normalized spacial score (nSPS) is 25.1. The molecule has 2 atom stereocenters. The van der Waals surface area contributed by atoms with Gasteiger partial charge in [-0.15, -0.1) is 0 Å². The van der Waals surface area contributed by atoms with E-state index < -0.39 is 11.6 Å². The van der Waals surface area contributed by atoms with E-state index in [1.54, 1.807) is 0 Å². The third-order valence-corrected chi connectivity index (χ3v) is 3.17. The summed E-state index contributed by atoms with van der Waals surface area (Å²) in [6, 6.07) is 2.69. The van der Waals surface area contributed by atoms with Gasteiger partial charge in [-0.25, -0.2) is 8.78 Å². The summed E-state index contributed by atoms with van der Waals surface area (Å²) in [5, 5.41) is 0. The van der Waals surface area contributed by atoms with Gasteiger partial charge in [0.05, 0.1) is 11.4 Å². The van der Waals surface area contributed by atoms with E-state index in [1.807, 2.05) is 11.8 Å².